The molecule has 0 aromatic heterocycles. The van der Waals surface area contributed by atoms with Crippen LogP contribution in [0.15, 0.2) is 0 Å². The predicted octanol–water partition coefficient (Wildman–Crippen LogP) is 0.908. The summed E-state index contributed by atoms with van der Waals surface area (Å²) in [6.45, 7) is 4.73. The van der Waals surface area contributed by atoms with Gasteiger partial charge in [0.25, 0.3) is 0 Å². The number of rotatable bonds is 4. The molecule has 5 heteroatoms. The van der Waals surface area contributed by atoms with E-state index in [0.717, 1.165) is 6.54 Å². The van der Waals surface area contributed by atoms with Crippen molar-refractivity contribution in [1.29, 1.82) is 0 Å². The summed E-state index contributed by atoms with van der Waals surface area (Å²) >= 11 is 0. The summed E-state index contributed by atoms with van der Waals surface area (Å²) in [7, 11) is 0. The zero-order valence-corrected chi connectivity index (χ0v) is 9.15. The molecule has 1 rings (SSSR count). The first kappa shape index (κ1) is 12.4. The SMILES string of the molecule is CC(C)N1CCC(OCC(=O)O)C(F)C1. The molecule has 0 bridgehead atoms. The highest BCUT2D eigenvalue weighted by Crippen LogP contribution is 2.18. The second kappa shape index (κ2) is 5.42. The van der Waals surface area contributed by atoms with Gasteiger partial charge in [-0.15, -0.1) is 0 Å². The first-order valence-electron chi connectivity index (χ1n) is 5.22. The van der Waals surface area contributed by atoms with Gasteiger partial charge in [0.15, 0.2) is 0 Å². The number of carboxylic acid groups (broad SMARTS) is 1. The number of likely N-dealkylation sites (tertiary alicyclic amines) is 1. The summed E-state index contributed by atoms with van der Waals surface area (Å²) in [5.74, 6) is -1.05. The first-order chi connectivity index (χ1) is 7.00. The van der Waals surface area contributed by atoms with Crippen molar-refractivity contribution in [3.63, 3.8) is 0 Å². The summed E-state index contributed by atoms with van der Waals surface area (Å²) in [5, 5.41) is 8.41. The Morgan fingerprint density at radius 1 is 1.67 bits per heavy atom. The van der Waals surface area contributed by atoms with Gasteiger partial charge in [-0.1, -0.05) is 0 Å². The molecule has 1 N–H and O–H groups in total. The molecule has 1 saturated heterocycles. The molecule has 15 heavy (non-hydrogen) atoms. The van der Waals surface area contributed by atoms with Gasteiger partial charge in [-0.05, 0) is 20.3 Å². The summed E-state index contributed by atoms with van der Waals surface area (Å²) in [6.07, 6.45) is -1.08. The molecule has 0 aromatic carbocycles. The van der Waals surface area contributed by atoms with Gasteiger partial charge in [0, 0.05) is 19.1 Å². The molecule has 1 aliphatic rings. The lowest BCUT2D eigenvalue weighted by Crippen LogP contribution is -2.48. The fourth-order valence-electron chi connectivity index (χ4n) is 1.74. The van der Waals surface area contributed by atoms with E-state index >= 15 is 0 Å². The maximum atomic E-state index is 13.5. The van der Waals surface area contributed by atoms with Gasteiger partial charge < -0.3 is 9.84 Å². The normalized spacial score (nSPS) is 28.3. The molecule has 1 fully saturated rings. The quantitative estimate of drug-likeness (QED) is 0.763. The van der Waals surface area contributed by atoms with Gasteiger partial charge in [0.1, 0.15) is 12.8 Å². The fourth-order valence-corrected chi connectivity index (χ4v) is 1.74. The van der Waals surface area contributed by atoms with Gasteiger partial charge in [0.2, 0.25) is 0 Å². The zero-order valence-electron chi connectivity index (χ0n) is 9.15. The Bertz CT molecular complexity index is 223. The van der Waals surface area contributed by atoms with Crippen LogP contribution in [0.25, 0.3) is 0 Å². The molecule has 88 valence electrons. The minimum Gasteiger partial charge on any atom is -0.480 e. The molecule has 0 aromatic rings. The van der Waals surface area contributed by atoms with Crippen molar-refractivity contribution in [3.05, 3.63) is 0 Å². The maximum absolute atomic E-state index is 13.5. The Morgan fingerprint density at radius 2 is 2.33 bits per heavy atom. The van der Waals surface area contributed by atoms with Crippen LogP contribution in [-0.2, 0) is 9.53 Å². The highest BCUT2D eigenvalue weighted by Gasteiger charge is 2.31. The van der Waals surface area contributed by atoms with Crippen LogP contribution >= 0.6 is 0 Å². The van der Waals surface area contributed by atoms with Crippen LogP contribution in [0.4, 0.5) is 4.39 Å². The van der Waals surface area contributed by atoms with E-state index in [0.29, 0.717) is 19.0 Å². The van der Waals surface area contributed by atoms with Gasteiger partial charge in [0.05, 0.1) is 6.10 Å². The van der Waals surface area contributed by atoms with Crippen molar-refractivity contribution in [3.8, 4) is 0 Å². The second-order valence-corrected chi connectivity index (χ2v) is 4.14. The van der Waals surface area contributed by atoms with E-state index in [-0.39, 0.29) is 0 Å². The average Bonchev–Trinajstić information content (AvgIpc) is 2.15. The molecular weight excluding hydrogens is 201 g/mol. The molecular formula is C10H18FNO3. The van der Waals surface area contributed by atoms with E-state index in [1.807, 2.05) is 18.7 Å². The Morgan fingerprint density at radius 3 is 2.80 bits per heavy atom. The summed E-state index contributed by atoms with van der Waals surface area (Å²) in [4.78, 5) is 12.3. The topological polar surface area (TPSA) is 49.8 Å². The van der Waals surface area contributed by atoms with Crippen molar-refractivity contribution in [2.45, 2.75) is 38.6 Å². The van der Waals surface area contributed by atoms with E-state index in [1.54, 1.807) is 0 Å². The Balaban J connectivity index is 2.35. The largest absolute Gasteiger partial charge is 0.480 e. The summed E-state index contributed by atoms with van der Waals surface area (Å²) in [5.41, 5.74) is 0. The van der Waals surface area contributed by atoms with Crippen molar-refractivity contribution in [1.82, 2.24) is 4.90 Å². The Labute approximate surface area is 89.0 Å². The maximum Gasteiger partial charge on any atom is 0.329 e. The lowest BCUT2D eigenvalue weighted by Gasteiger charge is -2.36. The third-order valence-corrected chi connectivity index (χ3v) is 2.66. The molecule has 0 saturated carbocycles. The molecule has 2 unspecified atom stereocenters. The Kier molecular flexibility index (Phi) is 4.47. The first-order valence-corrected chi connectivity index (χ1v) is 5.22. The van der Waals surface area contributed by atoms with Crippen LogP contribution in [-0.4, -0.2) is 54.0 Å². The lowest BCUT2D eigenvalue weighted by molar-refractivity contribution is -0.147. The molecule has 4 nitrogen and oxygen atoms in total. The standard InChI is InChI=1S/C10H18FNO3/c1-7(2)12-4-3-9(8(11)5-12)15-6-10(13)14/h7-9H,3-6H2,1-2H3,(H,13,14). The van der Waals surface area contributed by atoms with Crippen LogP contribution in [0, 0.1) is 0 Å². The van der Waals surface area contributed by atoms with Crippen LogP contribution in [0.1, 0.15) is 20.3 Å². The van der Waals surface area contributed by atoms with E-state index in [4.69, 9.17) is 9.84 Å². The van der Waals surface area contributed by atoms with E-state index in [2.05, 4.69) is 0 Å². The van der Waals surface area contributed by atoms with Crippen molar-refractivity contribution in [2.24, 2.45) is 0 Å². The molecule has 0 aliphatic carbocycles. The average molecular weight is 219 g/mol. The number of nitrogens with zero attached hydrogens (tertiary/aromatic N) is 1. The van der Waals surface area contributed by atoms with Crippen LogP contribution in [0.5, 0.6) is 0 Å². The van der Waals surface area contributed by atoms with Gasteiger partial charge in [-0.2, -0.15) is 0 Å². The Hall–Kier alpha value is -0.680. The number of piperidine rings is 1. The smallest absolute Gasteiger partial charge is 0.329 e. The zero-order chi connectivity index (χ0) is 11.4. The number of ether oxygens (including phenoxy) is 1. The summed E-state index contributed by atoms with van der Waals surface area (Å²) in [6, 6.07) is 0.323. The van der Waals surface area contributed by atoms with Crippen LogP contribution in [0.3, 0.4) is 0 Å². The third kappa shape index (κ3) is 3.76. The fraction of sp³-hybridized carbons (Fsp3) is 0.900. The van der Waals surface area contributed by atoms with Crippen molar-refractivity contribution in [2.75, 3.05) is 19.7 Å². The number of halogens is 1. The third-order valence-electron chi connectivity index (χ3n) is 2.66. The number of carboxylic acids is 1. The molecule has 0 amide bonds. The van der Waals surface area contributed by atoms with Gasteiger partial charge in [-0.25, -0.2) is 9.18 Å². The predicted molar refractivity (Wildman–Crippen MR) is 53.6 cm³/mol. The number of carbonyl (C=O) groups is 1. The minimum atomic E-state index is -1.08. The molecule has 0 radical (unpaired) electrons. The minimum absolute atomic E-state index is 0.323. The number of hydrogen-bond donors (Lipinski definition) is 1. The molecule has 1 aliphatic heterocycles. The highest BCUT2D eigenvalue weighted by atomic mass is 19.1. The lowest BCUT2D eigenvalue weighted by atomic mass is 10.0. The van der Waals surface area contributed by atoms with E-state index < -0.39 is 24.9 Å². The number of hydrogen-bond acceptors (Lipinski definition) is 3. The van der Waals surface area contributed by atoms with Crippen LogP contribution in [0.2, 0.25) is 0 Å². The van der Waals surface area contributed by atoms with Gasteiger partial charge >= 0.3 is 5.97 Å². The number of alkyl halides is 1. The van der Waals surface area contributed by atoms with E-state index in [1.165, 1.54) is 0 Å². The van der Waals surface area contributed by atoms with Gasteiger partial charge in [-0.3, -0.25) is 4.90 Å². The van der Waals surface area contributed by atoms with Crippen LogP contribution < -0.4 is 0 Å². The molecule has 2 atom stereocenters. The molecule has 0 spiro atoms. The second-order valence-electron chi connectivity index (χ2n) is 4.14. The van der Waals surface area contributed by atoms with E-state index in [9.17, 15) is 9.18 Å². The highest BCUT2D eigenvalue weighted by molar-refractivity contribution is 5.68. The van der Waals surface area contributed by atoms with Crippen molar-refractivity contribution >= 4 is 5.97 Å². The monoisotopic (exact) mass is 219 g/mol. The van der Waals surface area contributed by atoms with Crippen molar-refractivity contribution < 1.29 is 19.0 Å². The number of aliphatic carboxylic acids is 1. The summed E-state index contributed by atoms with van der Waals surface area (Å²) < 4.78 is 18.5. The molecule has 1 heterocycles.